The fourth-order valence-corrected chi connectivity index (χ4v) is 1.40. The molecular formula is C11H12N2O. The third-order valence-corrected chi connectivity index (χ3v) is 2.14. The van der Waals surface area contributed by atoms with Crippen LogP contribution < -0.4 is 5.56 Å². The van der Waals surface area contributed by atoms with Gasteiger partial charge < -0.3 is 0 Å². The topological polar surface area (TPSA) is 37.8 Å². The van der Waals surface area contributed by atoms with Gasteiger partial charge in [0.2, 0.25) is 0 Å². The summed E-state index contributed by atoms with van der Waals surface area (Å²) >= 11 is 0. The fraction of sp³-hybridized carbons (Fsp3) is 0.182. The first-order valence-electron chi connectivity index (χ1n) is 4.52. The molecule has 1 heterocycles. The molecule has 72 valence electrons. The van der Waals surface area contributed by atoms with E-state index in [9.17, 15) is 4.79 Å². The molecule has 14 heavy (non-hydrogen) atoms. The molecule has 3 heteroatoms. The second-order valence-corrected chi connectivity index (χ2v) is 3.45. The first-order valence-corrected chi connectivity index (χ1v) is 4.52. The maximum atomic E-state index is 11.5. The molecule has 0 saturated carbocycles. The summed E-state index contributed by atoms with van der Waals surface area (Å²) in [5.74, 6) is 0. The summed E-state index contributed by atoms with van der Waals surface area (Å²) < 4.78 is 1.54. The van der Waals surface area contributed by atoms with E-state index in [1.807, 2.05) is 38.1 Å². The lowest BCUT2D eigenvalue weighted by atomic mass is 10.2. The van der Waals surface area contributed by atoms with E-state index in [0.717, 1.165) is 11.4 Å². The van der Waals surface area contributed by atoms with Crippen LogP contribution in [0.5, 0.6) is 0 Å². The minimum absolute atomic E-state index is 0.0219. The molecule has 1 N–H and O–H groups in total. The van der Waals surface area contributed by atoms with Crippen molar-refractivity contribution >= 4 is 0 Å². The van der Waals surface area contributed by atoms with Crippen molar-refractivity contribution in [3.8, 4) is 5.69 Å². The second-order valence-electron chi connectivity index (χ2n) is 3.45. The highest BCUT2D eigenvalue weighted by Gasteiger charge is 2.00. The van der Waals surface area contributed by atoms with Crippen molar-refractivity contribution in [2.45, 2.75) is 13.8 Å². The van der Waals surface area contributed by atoms with E-state index in [1.165, 1.54) is 10.2 Å². The summed E-state index contributed by atoms with van der Waals surface area (Å²) in [6, 6.07) is 9.40. The van der Waals surface area contributed by atoms with Crippen molar-refractivity contribution in [2.75, 3.05) is 0 Å². The SMILES string of the molecule is Cc1ccc(-n2[nH]c(C)cc2=O)cc1. The monoisotopic (exact) mass is 188 g/mol. The molecule has 0 amide bonds. The molecular weight excluding hydrogens is 176 g/mol. The molecule has 0 fully saturated rings. The lowest BCUT2D eigenvalue weighted by Crippen LogP contribution is -2.13. The van der Waals surface area contributed by atoms with E-state index in [0.29, 0.717) is 0 Å². The summed E-state index contributed by atoms with van der Waals surface area (Å²) in [5.41, 5.74) is 2.90. The Labute approximate surface area is 82.0 Å². The molecule has 2 aromatic rings. The zero-order valence-corrected chi connectivity index (χ0v) is 8.24. The van der Waals surface area contributed by atoms with E-state index in [2.05, 4.69) is 5.10 Å². The zero-order chi connectivity index (χ0) is 10.1. The third-order valence-electron chi connectivity index (χ3n) is 2.14. The van der Waals surface area contributed by atoms with Gasteiger partial charge in [0.1, 0.15) is 0 Å². The van der Waals surface area contributed by atoms with E-state index in [4.69, 9.17) is 0 Å². The molecule has 0 unspecified atom stereocenters. The van der Waals surface area contributed by atoms with Crippen LogP contribution >= 0.6 is 0 Å². The Balaban J connectivity index is 2.54. The summed E-state index contributed by atoms with van der Waals surface area (Å²) in [5, 5.41) is 2.98. The fourth-order valence-electron chi connectivity index (χ4n) is 1.40. The van der Waals surface area contributed by atoms with Gasteiger partial charge in [0.25, 0.3) is 5.56 Å². The number of nitrogens with one attached hydrogen (secondary N) is 1. The molecule has 0 aliphatic carbocycles. The van der Waals surface area contributed by atoms with Gasteiger partial charge in [-0.3, -0.25) is 9.89 Å². The molecule has 0 aliphatic heterocycles. The summed E-state index contributed by atoms with van der Waals surface area (Å²) in [7, 11) is 0. The van der Waals surface area contributed by atoms with E-state index < -0.39 is 0 Å². The lowest BCUT2D eigenvalue weighted by molar-refractivity contribution is 0.835. The third kappa shape index (κ3) is 1.48. The van der Waals surface area contributed by atoms with Gasteiger partial charge in [0.15, 0.2) is 0 Å². The Morgan fingerprint density at radius 3 is 2.29 bits per heavy atom. The molecule has 0 aliphatic rings. The average Bonchev–Trinajstić information content (AvgIpc) is 2.47. The van der Waals surface area contributed by atoms with Crippen molar-refractivity contribution < 1.29 is 0 Å². The standard InChI is InChI=1S/C11H12N2O/c1-8-3-5-10(6-4-8)13-11(14)7-9(2)12-13/h3-7,12H,1-2H3. The van der Waals surface area contributed by atoms with Crippen molar-refractivity contribution in [1.29, 1.82) is 0 Å². The Morgan fingerprint density at radius 1 is 1.14 bits per heavy atom. The number of H-pyrrole nitrogens is 1. The Bertz CT molecular complexity index is 491. The van der Waals surface area contributed by atoms with Crippen LogP contribution in [-0.4, -0.2) is 9.78 Å². The number of hydrogen-bond acceptors (Lipinski definition) is 1. The molecule has 0 radical (unpaired) electrons. The molecule has 1 aromatic carbocycles. The number of aromatic amines is 1. The average molecular weight is 188 g/mol. The number of aryl methyl sites for hydroxylation is 2. The van der Waals surface area contributed by atoms with Crippen LogP contribution in [0.2, 0.25) is 0 Å². The molecule has 0 bridgehead atoms. The Hall–Kier alpha value is -1.77. The number of aromatic nitrogens is 2. The van der Waals surface area contributed by atoms with Crippen molar-refractivity contribution in [1.82, 2.24) is 9.78 Å². The predicted molar refractivity (Wildman–Crippen MR) is 55.9 cm³/mol. The maximum Gasteiger partial charge on any atom is 0.271 e. The maximum absolute atomic E-state index is 11.5. The zero-order valence-electron chi connectivity index (χ0n) is 8.24. The van der Waals surface area contributed by atoms with Crippen molar-refractivity contribution in [2.24, 2.45) is 0 Å². The highest BCUT2D eigenvalue weighted by Crippen LogP contribution is 2.05. The summed E-state index contributed by atoms with van der Waals surface area (Å²) in [4.78, 5) is 11.5. The molecule has 0 saturated heterocycles. The number of rotatable bonds is 1. The summed E-state index contributed by atoms with van der Waals surface area (Å²) in [6.07, 6.45) is 0. The van der Waals surface area contributed by atoms with E-state index in [-0.39, 0.29) is 5.56 Å². The van der Waals surface area contributed by atoms with Crippen LogP contribution in [-0.2, 0) is 0 Å². The van der Waals surface area contributed by atoms with Gasteiger partial charge in [-0.25, -0.2) is 4.68 Å². The molecule has 3 nitrogen and oxygen atoms in total. The van der Waals surface area contributed by atoms with Crippen molar-refractivity contribution in [3.05, 3.63) is 51.9 Å². The Morgan fingerprint density at radius 2 is 1.79 bits per heavy atom. The second kappa shape index (κ2) is 3.18. The normalized spacial score (nSPS) is 10.4. The van der Waals surface area contributed by atoms with Crippen LogP contribution in [0.1, 0.15) is 11.3 Å². The van der Waals surface area contributed by atoms with Crippen molar-refractivity contribution in [3.63, 3.8) is 0 Å². The molecule has 1 aromatic heterocycles. The minimum Gasteiger partial charge on any atom is -0.295 e. The quantitative estimate of drug-likeness (QED) is 0.727. The Kier molecular flexibility index (Phi) is 2.00. The first kappa shape index (κ1) is 8.81. The highest BCUT2D eigenvalue weighted by molar-refractivity contribution is 5.33. The molecule has 0 atom stereocenters. The van der Waals surface area contributed by atoms with Crippen LogP contribution in [0.4, 0.5) is 0 Å². The van der Waals surface area contributed by atoms with Gasteiger partial charge in [0, 0.05) is 11.8 Å². The van der Waals surface area contributed by atoms with Gasteiger partial charge in [-0.05, 0) is 26.0 Å². The highest BCUT2D eigenvalue weighted by atomic mass is 16.1. The molecule has 2 rings (SSSR count). The number of benzene rings is 1. The van der Waals surface area contributed by atoms with Gasteiger partial charge in [0.05, 0.1) is 5.69 Å². The van der Waals surface area contributed by atoms with Gasteiger partial charge in [-0.1, -0.05) is 17.7 Å². The van der Waals surface area contributed by atoms with Crippen LogP contribution in [0.15, 0.2) is 35.1 Å². The van der Waals surface area contributed by atoms with E-state index in [1.54, 1.807) is 6.07 Å². The number of nitrogens with zero attached hydrogens (tertiary/aromatic N) is 1. The smallest absolute Gasteiger partial charge is 0.271 e. The lowest BCUT2D eigenvalue weighted by Gasteiger charge is -2.01. The van der Waals surface area contributed by atoms with Gasteiger partial charge >= 0.3 is 0 Å². The van der Waals surface area contributed by atoms with E-state index >= 15 is 0 Å². The predicted octanol–water partition coefficient (Wildman–Crippen LogP) is 1.78. The minimum atomic E-state index is -0.0219. The number of hydrogen-bond donors (Lipinski definition) is 1. The molecule has 0 spiro atoms. The summed E-state index contributed by atoms with van der Waals surface area (Å²) in [6.45, 7) is 3.89. The van der Waals surface area contributed by atoms with Crippen LogP contribution in [0.25, 0.3) is 5.69 Å². The first-order chi connectivity index (χ1) is 6.66. The van der Waals surface area contributed by atoms with Gasteiger partial charge in [-0.2, -0.15) is 0 Å². The van der Waals surface area contributed by atoms with Crippen LogP contribution in [0.3, 0.4) is 0 Å². The largest absolute Gasteiger partial charge is 0.295 e. The van der Waals surface area contributed by atoms with Crippen LogP contribution in [0, 0.1) is 13.8 Å². The van der Waals surface area contributed by atoms with Gasteiger partial charge in [-0.15, -0.1) is 0 Å².